The zero-order chi connectivity index (χ0) is 24.2. The summed E-state index contributed by atoms with van der Waals surface area (Å²) in [7, 11) is -0.201. The van der Waals surface area contributed by atoms with Crippen LogP contribution in [0, 0.1) is 0 Å². The fourth-order valence-corrected chi connectivity index (χ4v) is 4.17. The van der Waals surface area contributed by atoms with E-state index in [0.717, 1.165) is 18.2 Å². The average molecular weight is 484 g/mol. The topological polar surface area (TPSA) is 96.0 Å². The number of pyridine rings is 1. The van der Waals surface area contributed by atoms with Crippen LogP contribution in [0.4, 0.5) is 18.9 Å². The maximum absolute atomic E-state index is 13.0. The van der Waals surface area contributed by atoms with Crippen molar-refractivity contribution < 1.29 is 40.5 Å². The third-order valence-electron chi connectivity index (χ3n) is 4.37. The predicted molar refractivity (Wildman–Crippen MR) is 113 cm³/mol. The van der Waals surface area contributed by atoms with Crippen molar-refractivity contribution in [2.24, 2.45) is 0 Å². The molecular formula is C21H19F3N2O6S. The van der Waals surface area contributed by atoms with Gasteiger partial charge in [-0.15, -0.1) is 13.2 Å². The number of aromatic nitrogens is 1. The van der Waals surface area contributed by atoms with Crippen LogP contribution in [0.15, 0.2) is 59.8 Å². The first-order valence-electron chi connectivity index (χ1n) is 9.20. The lowest BCUT2D eigenvalue weighted by Crippen LogP contribution is -2.18. The standard InChI is InChI=1S/C21H19F3N2O6S/c1-29-15-4-6-17(19(9-15)31-3)13-8-14(12-25-11-13)26-33(27,28)20-10-16(32-21(22,23)24)5-7-18(20)30-2/h4-12,26H,1-3H3. The van der Waals surface area contributed by atoms with Crippen LogP contribution in [0.5, 0.6) is 23.0 Å². The van der Waals surface area contributed by atoms with Crippen LogP contribution in [0.3, 0.4) is 0 Å². The van der Waals surface area contributed by atoms with Crippen molar-refractivity contribution in [3.05, 3.63) is 54.9 Å². The van der Waals surface area contributed by atoms with Crippen LogP contribution < -0.4 is 23.7 Å². The Bertz CT molecular complexity index is 1250. The van der Waals surface area contributed by atoms with Crippen molar-refractivity contribution in [2.45, 2.75) is 11.3 Å². The van der Waals surface area contributed by atoms with Gasteiger partial charge in [-0.3, -0.25) is 9.71 Å². The Balaban J connectivity index is 1.97. The SMILES string of the molecule is COc1ccc(-c2cncc(NS(=O)(=O)c3cc(OC(F)(F)F)ccc3OC)c2)c(OC)c1. The second-order valence-electron chi connectivity index (χ2n) is 6.49. The summed E-state index contributed by atoms with van der Waals surface area (Å²) in [5.74, 6) is 0.153. The van der Waals surface area contributed by atoms with E-state index in [4.69, 9.17) is 14.2 Å². The van der Waals surface area contributed by atoms with E-state index in [-0.39, 0.29) is 11.4 Å². The summed E-state index contributed by atoms with van der Waals surface area (Å²) in [6, 6.07) is 9.30. The first kappa shape index (κ1) is 24.0. The number of rotatable bonds is 8. The van der Waals surface area contributed by atoms with Crippen LogP contribution in [-0.2, 0) is 10.0 Å². The van der Waals surface area contributed by atoms with Crippen LogP contribution in [0.1, 0.15) is 0 Å². The molecule has 176 valence electrons. The van der Waals surface area contributed by atoms with Gasteiger partial charge < -0.3 is 18.9 Å². The summed E-state index contributed by atoms with van der Waals surface area (Å²) in [6.07, 6.45) is -2.24. The van der Waals surface area contributed by atoms with Gasteiger partial charge in [0.05, 0.1) is 33.2 Å². The van der Waals surface area contributed by atoms with Gasteiger partial charge in [0.25, 0.3) is 10.0 Å². The van der Waals surface area contributed by atoms with Crippen molar-refractivity contribution in [2.75, 3.05) is 26.1 Å². The molecule has 0 atom stereocenters. The van der Waals surface area contributed by atoms with E-state index < -0.39 is 27.0 Å². The summed E-state index contributed by atoms with van der Waals surface area (Å²) < 4.78 is 85.3. The molecule has 0 aliphatic carbocycles. The highest BCUT2D eigenvalue weighted by Crippen LogP contribution is 2.35. The number of nitrogens with one attached hydrogen (secondary N) is 1. The van der Waals surface area contributed by atoms with E-state index in [1.165, 1.54) is 39.8 Å². The van der Waals surface area contributed by atoms with Gasteiger partial charge in [-0.05, 0) is 30.3 Å². The van der Waals surface area contributed by atoms with E-state index in [2.05, 4.69) is 14.4 Å². The van der Waals surface area contributed by atoms with E-state index >= 15 is 0 Å². The molecule has 33 heavy (non-hydrogen) atoms. The van der Waals surface area contributed by atoms with Gasteiger partial charge in [0.1, 0.15) is 27.9 Å². The molecule has 0 spiro atoms. The monoisotopic (exact) mass is 484 g/mol. The third-order valence-corrected chi connectivity index (χ3v) is 5.77. The fraction of sp³-hybridized carbons (Fsp3) is 0.190. The summed E-state index contributed by atoms with van der Waals surface area (Å²) >= 11 is 0. The summed E-state index contributed by atoms with van der Waals surface area (Å²) in [5, 5.41) is 0. The normalized spacial score (nSPS) is 11.6. The van der Waals surface area contributed by atoms with Crippen molar-refractivity contribution in [3.8, 4) is 34.1 Å². The minimum absolute atomic E-state index is 0.0644. The Hall–Kier alpha value is -3.67. The highest BCUT2D eigenvalue weighted by atomic mass is 32.2. The largest absolute Gasteiger partial charge is 0.573 e. The minimum Gasteiger partial charge on any atom is -0.497 e. The fourth-order valence-electron chi connectivity index (χ4n) is 2.95. The molecule has 3 rings (SSSR count). The Labute approximate surface area is 187 Å². The third kappa shape index (κ3) is 5.77. The first-order valence-corrected chi connectivity index (χ1v) is 10.7. The minimum atomic E-state index is -4.99. The molecule has 0 radical (unpaired) electrons. The van der Waals surface area contributed by atoms with Crippen LogP contribution in [-0.4, -0.2) is 41.1 Å². The molecule has 0 bridgehead atoms. The van der Waals surface area contributed by atoms with E-state index in [1.54, 1.807) is 18.2 Å². The molecular weight excluding hydrogens is 465 g/mol. The molecule has 8 nitrogen and oxygen atoms in total. The zero-order valence-corrected chi connectivity index (χ0v) is 18.5. The molecule has 2 aromatic carbocycles. The number of ether oxygens (including phenoxy) is 4. The van der Waals surface area contributed by atoms with Crippen LogP contribution >= 0.6 is 0 Å². The summed E-state index contributed by atoms with van der Waals surface area (Å²) in [5.41, 5.74) is 1.20. The molecule has 1 aromatic heterocycles. The maximum atomic E-state index is 13.0. The first-order chi connectivity index (χ1) is 15.6. The lowest BCUT2D eigenvalue weighted by Gasteiger charge is -2.15. The van der Waals surface area contributed by atoms with Gasteiger partial charge in [-0.25, -0.2) is 8.42 Å². The maximum Gasteiger partial charge on any atom is 0.573 e. The smallest absolute Gasteiger partial charge is 0.497 e. The average Bonchev–Trinajstić information content (AvgIpc) is 2.77. The number of sulfonamides is 1. The number of anilines is 1. The van der Waals surface area contributed by atoms with E-state index in [1.807, 2.05) is 0 Å². The lowest BCUT2D eigenvalue weighted by molar-refractivity contribution is -0.274. The summed E-state index contributed by atoms with van der Waals surface area (Å²) in [4.78, 5) is 3.50. The van der Waals surface area contributed by atoms with Crippen molar-refractivity contribution in [1.29, 1.82) is 0 Å². The van der Waals surface area contributed by atoms with Gasteiger partial charge >= 0.3 is 6.36 Å². The van der Waals surface area contributed by atoms with Crippen LogP contribution in [0.25, 0.3) is 11.1 Å². The van der Waals surface area contributed by atoms with Crippen molar-refractivity contribution in [1.82, 2.24) is 4.98 Å². The molecule has 0 amide bonds. The number of hydrogen-bond acceptors (Lipinski definition) is 7. The number of alkyl halides is 3. The Morgan fingerprint density at radius 1 is 0.848 bits per heavy atom. The van der Waals surface area contributed by atoms with Crippen molar-refractivity contribution in [3.63, 3.8) is 0 Å². The molecule has 0 fully saturated rings. The molecule has 0 unspecified atom stereocenters. The molecule has 1 heterocycles. The van der Waals surface area contributed by atoms with E-state index in [0.29, 0.717) is 22.6 Å². The highest BCUT2D eigenvalue weighted by Gasteiger charge is 2.32. The molecule has 0 aliphatic heterocycles. The Morgan fingerprint density at radius 2 is 1.55 bits per heavy atom. The molecule has 3 aromatic rings. The van der Waals surface area contributed by atoms with Gasteiger partial charge in [-0.2, -0.15) is 0 Å². The lowest BCUT2D eigenvalue weighted by atomic mass is 10.1. The second kappa shape index (κ2) is 9.45. The number of methoxy groups -OCH3 is 3. The number of benzene rings is 2. The zero-order valence-electron chi connectivity index (χ0n) is 17.6. The van der Waals surface area contributed by atoms with Crippen molar-refractivity contribution >= 4 is 15.7 Å². The van der Waals surface area contributed by atoms with Gasteiger partial charge in [0.15, 0.2) is 0 Å². The van der Waals surface area contributed by atoms with E-state index in [9.17, 15) is 21.6 Å². The number of halogens is 3. The molecule has 1 N–H and O–H groups in total. The molecule has 0 aliphatic rings. The highest BCUT2D eigenvalue weighted by molar-refractivity contribution is 7.92. The quantitative estimate of drug-likeness (QED) is 0.504. The van der Waals surface area contributed by atoms with Gasteiger partial charge in [0.2, 0.25) is 0 Å². The molecule has 0 saturated heterocycles. The molecule has 0 saturated carbocycles. The Kier molecular flexibility index (Phi) is 6.86. The van der Waals surface area contributed by atoms with Crippen LogP contribution in [0.2, 0.25) is 0 Å². The Morgan fingerprint density at radius 3 is 2.18 bits per heavy atom. The second-order valence-corrected chi connectivity index (χ2v) is 8.15. The number of nitrogens with zero attached hydrogens (tertiary/aromatic N) is 1. The van der Waals surface area contributed by atoms with Gasteiger partial charge in [0, 0.05) is 29.5 Å². The number of hydrogen-bond donors (Lipinski definition) is 1. The summed E-state index contributed by atoms with van der Waals surface area (Å²) in [6.45, 7) is 0. The van der Waals surface area contributed by atoms with Gasteiger partial charge in [-0.1, -0.05) is 0 Å². The predicted octanol–water partition coefficient (Wildman–Crippen LogP) is 4.47. The molecule has 12 heteroatoms.